The lowest BCUT2D eigenvalue weighted by atomic mass is 10.1. The van der Waals surface area contributed by atoms with Crippen LogP contribution in [0.5, 0.6) is 0 Å². The maximum absolute atomic E-state index is 8.94. The fraction of sp³-hybridized carbons (Fsp3) is 0.333. The average Bonchev–Trinajstić information content (AvgIpc) is 2.79. The second kappa shape index (κ2) is 6.30. The molecule has 0 aliphatic rings. The minimum Gasteiger partial charge on any atom is -0.409 e. The number of aryl methyl sites for hydroxylation is 2. The van der Waals surface area contributed by atoms with Gasteiger partial charge < -0.3 is 15.8 Å². The van der Waals surface area contributed by atoms with E-state index in [0.717, 1.165) is 24.5 Å². The highest BCUT2D eigenvalue weighted by Gasteiger charge is 2.20. The Morgan fingerprint density at radius 3 is 2.67 bits per heavy atom. The van der Waals surface area contributed by atoms with Gasteiger partial charge in [0.25, 0.3) is 0 Å². The lowest BCUT2D eigenvalue weighted by Crippen LogP contribution is -2.26. The van der Waals surface area contributed by atoms with Gasteiger partial charge >= 0.3 is 0 Å². The van der Waals surface area contributed by atoms with Crippen molar-refractivity contribution >= 4 is 11.7 Å². The molecule has 112 valence electrons. The number of nitrogens with zero attached hydrogens (tertiary/aromatic N) is 4. The van der Waals surface area contributed by atoms with Gasteiger partial charge in [-0.3, -0.25) is 4.68 Å². The van der Waals surface area contributed by atoms with Gasteiger partial charge in [-0.2, -0.15) is 5.10 Å². The highest BCUT2D eigenvalue weighted by molar-refractivity contribution is 6.02. The lowest BCUT2D eigenvalue weighted by molar-refractivity contribution is 0.318. The second-order valence-corrected chi connectivity index (χ2v) is 5.05. The van der Waals surface area contributed by atoms with Crippen LogP contribution in [0.2, 0.25) is 0 Å². The Balaban J connectivity index is 2.21. The van der Waals surface area contributed by atoms with Crippen LogP contribution < -0.4 is 10.6 Å². The first-order valence-electron chi connectivity index (χ1n) is 6.81. The van der Waals surface area contributed by atoms with Crippen molar-refractivity contribution in [1.82, 2.24) is 9.78 Å². The van der Waals surface area contributed by atoms with E-state index < -0.39 is 0 Å². The summed E-state index contributed by atoms with van der Waals surface area (Å²) in [6.07, 6.45) is 0.914. The molecule has 21 heavy (non-hydrogen) atoms. The van der Waals surface area contributed by atoms with Gasteiger partial charge in [0.1, 0.15) is 5.82 Å². The normalized spacial score (nSPS) is 11.7. The summed E-state index contributed by atoms with van der Waals surface area (Å²) in [4.78, 5) is 2.07. The third-order valence-corrected chi connectivity index (χ3v) is 3.50. The number of likely N-dealkylation sites (N-methyl/N-ethyl adjacent to an activating group) is 1. The van der Waals surface area contributed by atoms with Gasteiger partial charge in [-0.1, -0.05) is 35.5 Å². The number of hydrogen-bond donors (Lipinski definition) is 2. The third kappa shape index (κ3) is 3.16. The summed E-state index contributed by atoms with van der Waals surface area (Å²) >= 11 is 0. The minimum atomic E-state index is 0.0853. The highest BCUT2D eigenvalue weighted by atomic mass is 16.4. The van der Waals surface area contributed by atoms with E-state index in [-0.39, 0.29) is 5.84 Å². The van der Waals surface area contributed by atoms with E-state index in [9.17, 15) is 0 Å². The van der Waals surface area contributed by atoms with Crippen LogP contribution in [0.3, 0.4) is 0 Å². The molecule has 6 heteroatoms. The summed E-state index contributed by atoms with van der Waals surface area (Å²) in [5, 5.41) is 16.4. The number of amidine groups is 1. The fourth-order valence-electron chi connectivity index (χ4n) is 2.48. The molecular formula is C15H21N5O. The van der Waals surface area contributed by atoms with E-state index in [1.807, 2.05) is 39.2 Å². The van der Waals surface area contributed by atoms with Crippen LogP contribution in [-0.4, -0.2) is 34.4 Å². The number of hydrogen-bond acceptors (Lipinski definition) is 4. The summed E-state index contributed by atoms with van der Waals surface area (Å²) < 4.78 is 1.76. The molecule has 0 aliphatic carbocycles. The summed E-state index contributed by atoms with van der Waals surface area (Å²) in [7, 11) is 3.84. The smallest absolute Gasteiger partial charge is 0.175 e. The molecule has 6 nitrogen and oxygen atoms in total. The molecule has 2 aromatic rings. The van der Waals surface area contributed by atoms with Gasteiger partial charge in [0.15, 0.2) is 5.84 Å². The van der Waals surface area contributed by atoms with Crippen molar-refractivity contribution in [3.05, 3.63) is 47.2 Å². The quantitative estimate of drug-likeness (QED) is 0.378. The van der Waals surface area contributed by atoms with Gasteiger partial charge in [0.05, 0.1) is 11.3 Å². The van der Waals surface area contributed by atoms with Gasteiger partial charge in [0, 0.05) is 20.6 Å². The Kier molecular flexibility index (Phi) is 4.47. The average molecular weight is 287 g/mol. The minimum absolute atomic E-state index is 0.0853. The first-order chi connectivity index (χ1) is 10.0. The van der Waals surface area contributed by atoms with Crippen molar-refractivity contribution < 1.29 is 5.21 Å². The standard InChI is InChI=1S/C15H21N5O/c1-11-13(14(16)18-21)15(20(3)17-11)19(2)10-9-12-7-5-4-6-8-12/h4-8,21H,9-10H2,1-3H3,(H2,16,18). The topological polar surface area (TPSA) is 79.7 Å². The molecule has 3 N–H and O–H groups in total. The van der Waals surface area contributed by atoms with E-state index in [2.05, 4.69) is 27.3 Å². The van der Waals surface area contributed by atoms with Crippen molar-refractivity contribution in [1.29, 1.82) is 0 Å². The molecule has 0 radical (unpaired) electrons. The van der Waals surface area contributed by atoms with Gasteiger partial charge in [-0.05, 0) is 18.9 Å². The number of oxime groups is 1. The van der Waals surface area contributed by atoms with Gasteiger partial charge in [0.2, 0.25) is 0 Å². The third-order valence-electron chi connectivity index (χ3n) is 3.50. The molecule has 0 aliphatic heterocycles. The van der Waals surface area contributed by atoms with Crippen LogP contribution in [0.15, 0.2) is 35.5 Å². The Bertz CT molecular complexity index is 633. The zero-order chi connectivity index (χ0) is 15.4. The number of nitrogens with two attached hydrogens (primary N) is 1. The Hall–Kier alpha value is -2.50. The van der Waals surface area contributed by atoms with Crippen molar-refractivity contribution in [3.8, 4) is 0 Å². The van der Waals surface area contributed by atoms with Gasteiger partial charge in [-0.15, -0.1) is 0 Å². The number of aromatic nitrogens is 2. The van der Waals surface area contributed by atoms with E-state index in [1.54, 1.807) is 4.68 Å². The number of anilines is 1. The zero-order valence-corrected chi connectivity index (χ0v) is 12.6. The molecule has 0 bridgehead atoms. The lowest BCUT2D eigenvalue weighted by Gasteiger charge is -2.20. The first kappa shape index (κ1) is 14.9. The summed E-state index contributed by atoms with van der Waals surface area (Å²) in [5.74, 6) is 0.931. The molecule has 0 saturated heterocycles. The molecule has 0 atom stereocenters. The molecule has 0 saturated carbocycles. The van der Waals surface area contributed by atoms with Crippen LogP contribution in [0.1, 0.15) is 16.8 Å². The van der Waals surface area contributed by atoms with Crippen LogP contribution in [0.4, 0.5) is 5.82 Å². The first-order valence-corrected chi connectivity index (χ1v) is 6.81. The van der Waals surface area contributed by atoms with Crippen LogP contribution in [0, 0.1) is 6.92 Å². The maximum atomic E-state index is 8.94. The Labute approximate surface area is 124 Å². The Morgan fingerprint density at radius 2 is 2.05 bits per heavy atom. The maximum Gasteiger partial charge on any atom is 0.175 e. The number of benzene rings is 1. The van der Waals surface area contributed by atoms with Crippen molar-refractivity contribution in [2.24, 2.45) is 17.9 Å². The van der Waals surface area contributed by atoms with Crippen molar-refractivity contribution in [2.45, 2.75) is 13.3 Å². The molecular weight excluding hydrogens is 266 g/mol. The van der Waals surface area contributed by atoms with Crippen molar-refractivity contribution in [2.75, 3.05) is 18.5 Å². The van der Waals surface area contributed by atoms with E-state index in [1.165, 1.54) is 5.56 Å². The molecule has 0 unspecified atom stereocenters. The van der Waals surface area contributed by atoms with E-state index in [0.29, 0.717) is 5.56 Å². The predicted octanol–water partition coefficient (Wildman–Crippen LogP) is 1.50. The highest BCUT2D eigenvalue weighted by Crippen LogP contribution is 2.22. The number of rotatable bonds is 5. The molecule has 0 fully saturated rings. The molecule has 1 heterocycles. The van der Waals surface area contributed by atoms with E-state index in [4.69, 9.17) is 10.9 Å². The fourth-order valence-corrected chi connectivity index (χ4v) is 2.48. The monoisotopic (exact) mass is 287 g/mol. The molecule has 1 aromatic heterocycles. The van der Waals surface area contributed by atoms with Crippen LogP contribution in [-0.2, 0) is 13.5 Å². The molecule has 0 spiro atoms. The molecule has 2 rings (SSSR count). The molecule has 1 aromatic carbocycles. The predicted molar refractivity (Wildman–Crippen MR) is 83.9 cm³/mol. The molecule has 0 amide bonds. The zero-order valence-electron chi connectivity index (χ0n) is 12.6. The van der Waals surface area contributed by atoms with Crippen LogP contribution >= 0.6 is 0 Å². The van der Waals surface area contributed by atoms with Gasteiger partial charge in [-0.25, -0.2) is 0 Å². The summed E-state index contributed by atoms with van der Waals surface area (Å²) in [6.45, 7) is 2.66. The second-order valence-electron chi connectivity index (χ2n) is 5.05. The SMILES string of the molecule is Cc1nn(C)c(N(C)CCc2ccccc2)c1C(N)=NO. The summed E-state index contributed by atoms with van der Waals surface area (Å²) in [5.41, 5.74) is 8.47. The van der Waals surface area contributed by atoms with Crippen LogP contribution in [0.25, 0.3) is 0 Å². The summed E-state index contributed by atoms with van der Waals surface area (Å²) in [6, 6.07) is 10.3. The Morgan fingerprint density at radius 1 is 1.38 bits per heavy atom. The van der Waals surface area contributed by atoms with Crippen molar-refractivity contribution in [3.63, 3.8) is 0 Å². The largest absolute Gasteiger partial charge is 0.409 e. The van der Waals surface area contributed by atoms with E-state index >= 15 is 0 Å².